The van der Waals surface area contributed by atoms with Gasteiger partial charge in [-0.15, -0.1) is 0 Å². The van der Waals surface area contributed by atoms with Crippen LogP contribution in [0, 0.1) is 12.8 Å². The van der Waals surface area contributed by atoms with Crippen LogP contribution in [0.3, 0.4) is 0 Å². The SMILES string of the molecule is Cc1ncc(C(C)C(C)C)cn1. The summed E-state index contributed by atoms with van der Waals surface area (Å²) in [5.41, 5.74) is 1.23. The van der Waals surface area contributed by atoms with Crippen LogP contribution in [-0.4, -0.2) is 9.97 Å². The van der Waals surface area contributed by atoms with Crippen molar-refractivity contribution in [2.45, 2.75) is 33.6 Å². The first-order chi connectivity index (χ1) is 5.61. The summed E-state index contributed by atoms with van der Waals surface area (Å²) < 4.78 is 0. The summed E-state index contributed by atoms with van der Waals surface area (Å²) in [5.74, 6) is 2.04. The fourth-order valence-electron chi connectivity index (χ4n) is 1.02. The molecule has 1 aromatic heterocycles. The highest BCUT2D eigenvalue weighted by atomic mass is 14.8. The second kappa shape index (κ2) is 3.65. The Balaban J connectivity index is 2.82. The van der Waals surface area contributed by atoms with E-state index in [1.54, 1.807) is 0 Å². The molecule has 0 aliphatic heterocycles. The number of rotatable bonds is 2. The quantitative estimate of drug-likeness (QED) is 0.671. The highest BCUT2D eigenvalue weighted by Gasteiger charge is 2.09. The first-order valence-electron chi connectivity index (χ1n) is 4.40. The van der Waals surface area contributed by atoms with Crippen molar-refractivity contribution in [3.8, 4) is 0 Å². The fourth-order valence-corrected chi connectivity index (χ4v) is 1.02. The topological polar surface area (TPSA) is 25.8 Å². The second-order valence-corrected chi connectivity index (χ2v) is 3.60. The summed E-state index contributed by atoms with van der Waals surface area (Å²) in [4.78, 5) is 8.34. The molecule has 2 nitrogen and oxygen atoms in total. The molecular formula is C10H16N2. The van der Waals surface area contributed by atoms with Crippen molar-refractivity contribution in [1.82, 2.24) is 9.97 Å². The molecule has 0 aliphatic carbocycles. The summed E-state index contributed by atoms with van der Waals surface area (Å²) in [7, 11) is 0. The zero-order valence-electron chi connectivity index (χ0n) is 8.20. The number of nitrogens with zero attached hydrogens (tertiary/aromatic N) is 2. The highest BCUT2D eigenvalue weighted by molar-refractivity contribution is 5.10. The zero-order valence-corrected chi connectivity index (χ0v) is 8.20. The Bertz CT molecular complexity index is 239. The van der Waals surface area contributed by atoms with Gasteiger partial charge in [0, 0.05) is 12.4 Å². The summed E-state index contributed by atoms with van der Waals surface area (Å²) >= 11 is 0. The lowest BCUT2D eigenvalue weighted by molar-refractivity contribution is 0.531. The molecule has 1 aromatic rings. The molecule has 0 fully saturated rings. The normalized spacial score (nSPS) is 13.4. The highest BCUT2D eigenvalue weighted by Crippen LogP contribution is 2.21. The molecule has 1 unspecified atom stereocenters. The van der Waals surface area contributed by atoms with Gasteiger partial charge in [-0.3, -0.25) is 0 Å². The van der Waals surface area contributed by atoms with Gasteiger partial charge in [-0.2, -0.15) is 0 Å². The average Bonchev–Trinajstić information content (AvgIpc) is 2.04. The average molecular weight is 164 g/mol. The monoisotopic (exact) mass is 164 g/mol. The van der Waals surface area contributed by atoms with Gasteiger partial charge in [0.25, 0.3) is 0 Å². The molecule has 0 radical (unpaired) electrons. The van der Waals surface area contributed by atoms with Crippen LogP contribution in [0.2, 0.25) is 0 Å². The van der Waals surface area contributed by atoms with Crippen molar-refractivity contribution in [1.29, 1.82) is 0 Å². The largest absolute Gasteiger partial charge is 0.241 e. The summed E-state index contributed by atoms with van der Waals surface area (Å²) in [6.07, 6.45) is 3.85. The van der Waals surface area contributed by atoms with Crippen molar-refractivity contribution in [3.05, 3.63) is 23.8 Å². The fraction of sp³-hybridized carbons (Fsp3) is 0.600. The molecule has 12 heavy (non-hydrogen) atoms. The van der Waals surface area contributed by atoms with Crippen LogP contribution in [0.4, 0.5) is 0 Å². The van der Waals surface area contributed by atoms with Crippen molar-refractivity contribution in [3.63, 3.8) is 0 Å². The predicted octanol–water partition coefficient (Wildman–Crippen LogP) is 2.54. The van der Waals surface area contributed by atoms with E-state index < -0.39 is 0 Å². The minimum Gasteiger partial charge on any atom is -0.241 e. The van der Waals surface area contributed by atoms with Crippen molar-refractivity contribution < 1.29 is 0 Å². The molecule has 0 N–H and O–H groups in total. The molecule has 1 atom stereocenters. The van der Waals surface area contributed by atoms with Crippen LogP contribution < -0.4 is 0 Å². The Labute approximate surface area is 74.1 Å². The van der Waals surface area contributed by atoms with Gasteiger partial charge in [0.2, 0.25) is 0 Å². The van der Waals surface area contributed by atoms with Crippen LogP contribution in [0.5, 0.6) is 0 Å². The summed E-state index contributed by atoms with van der Waals surface area (Å²) in [6.45, 7) is 8.54. The van der Waals surface area contributed by atoms with Gasteiger partial charge in [-0.1, -0.05) is 20.8 Å². The van der Waals surface area contributed by atoms with Crippen LogP contribution >= 0.6 is 0 Å². The van der Waals surface area contributed by atoms with E-state index in [9.17, 15) is 0 Å². The number of aryl methyl sites for hydroxylation is 1. The van der Waals surface area contributed by atoms with E-state index in [0.29, 0.717) is 11.8 Å². The first-order valence-corrected chi connectivity index (χ1v) is 4.40. The maximum Gasteiger partial charge on any atom is 0.125 e. The van der Waals surface area contributed by atoms with Crippen LogP contribution in [0.1, 0.15) is 38.1 Å². The number of hydrogen-bond acceptors (Lipinski definition) is 2. The van der Waals surface area contributed by atoms with E-state index in [2.05, 4.69) is 30.7 Å². The third kappa shape index (κ3) is 2.03. The molecule has 0 aliphatic rings. The Kier molecular flexibility index (Phi) is 2.79. The number of hydrogen-bond donors (Lipinski definition) is 0. The lowest BCUT2D eigenvalue weighted by Crippen LogP contribution is -2.03. The zero-order chi connectivity index (χ0) is 9.14. The minimum atomic E-state index is 0.547. The molecule has 0 saturated heterocycles. The van der Waals surface area contributed by atoms with Crippen molar-refractivity contribution in [2.24, 2.45) is 5.92 Å². The van der Waals surface area contributed by atoms with E-state index >= 15 is 0 Å². The van der Waals surface area contributed by atoms with Crippen LogP contribution in [0.25, 0.3) is 0 Å². The molecule has 66 valence electrons. The molecule has 1 rings (SSSR count). The second-order valence-electron chi connectivity index (χ2n) is 3.60. The smallest absolute Gasteiger partial charge is 0.125 e. The summed E-state index contributed by atoms with van der Waals surface area (Å²) in [6, 6.07) is 0. The maximum absolute atomic E-state index is 4.17. The molecule has 1 heterocycles. The van der Waals surface area contributed by atoms with Gasteiger partial charge in [0.1, 0.15) is 5.82 Å². The lowest BCUT2D eigenvalue weighted by atomic mass is 9.92. The molecule has 0 saturated carbocycles. The third-order valence-electron chi connectivity index (χ3n) is 2.33. The Hall–Kier alpha value is -0.920. The van der Waals surface area contributed by atoms with Gasteiger partial charge >= 0.3 is 0 Å². The van der Waals surface area contributed by atoms with Crippen molar-refractivity contribution >= 4 is 0 Å². The standard InChI is InChI=1S/C10H16N2/c1-7(2)8(3)10-5-11-9(4)12-6-10/h5-8H,1-4H3. The maximum atomic E-state index is 4.17. The van der Waals surface area contributed by atoms with E-state index in [1.807, 2.05) is 19.3 Å². The number of aromatic nitrogens is 2. The van der Waals surface area contributed by atoms with Gasteiger partial charge in [0.05, 0.1) is 0 Å². The molecule has 0 spiro atoms. The van der Waals surface area contributed by atoms with Gasteiger partial charge in [-0.05, 0) is 24.3 Å². The Morgan fingerprint density at radius 1 is 1.08 bits per heavy atom. The lowest BCUT2D eigenvalue weighted by Gasteiger charge is -2.14. The van der Waals surface area contributed by atoms with Gasteiger partial charge in [-0.25, -0.2) is 9.97 Å². The molecule has 2 heteroatoms. The van der Waals surface area contributed by atoms with E-state index in [1.165, 1.54) is 5.56 Å². The third-order valence-corrected chi connectivity index (χ3v) is 2.33. The van der Waals surface area contributed by atoms with E-state index in [-0.39, 0.29) is 0 Å². The van der Waals surface area contributed by atoms with E-state index in [4.69, 9.17) is 0 Å². The van der Waals surface area contributed by atoms with Crippen LogP contribution in [-0.2, 0) is 0 Å². The predicted molar refractivity (Wildman–Crippen MR) is 50.0 cm³/mol. The van der Waals surface area contributed by atoms with Crippen LogP contribution in [0.15, 0.2) is 12.4 Å². The molecule has 0 aromatic carbocycles. The minimum absolute atomic E-state index is 0.547. The summed E-state index contributed by atoms with van der Waals surface area (Å²) in [5, 5.41) is 0. The Morgan fingerprint density at radius 2 is 1.58 bits per heavy atom. The van der Waals surface area contributed by atoms with Gasteiger partial charge in [0.15, 0.2) is 0 Å². The molecule has 0 amide bonds. The van der Waals surface area contributed by atoms with Gasteiger partial charge < -0.3 is 0 Å². The van der Waals surface area contributed by atoms with Crippen molar-refractivity contribution in [2.75, 3.05) is 0 Å². The molecule has 0 bridgehead atoms. The Morgan fingerprint density at radius 3 is 2.00 bits per heavy atom. The molecular weight excluding hydrogens is 148 g/mol. The first kappa shape index (κ1) is 9.17. The van der Waals surface area contributed by atoms with E-state index in [0.717, 1.165) is 5.82 Å².